The van der Waals surface area contributed by atoms with Gasteiger partial charge >= 0.3 is 0 Å². The molecule has 0 radical (unpaired) electrons. The van der Waals surface area contributed by atoms with Gasteiger partial charge in [-0.25, -0.2) is 0 Å². The van der Waals surface area contributed by atoms with E-state index in [1.807, 2.05) is 0 Å². The minimum atomic E-state index is -0.0842. The fourth-order valence-corrected chi connectivity index (χ4v) is 1.98. The van der Waals surface area contributed by atoms with Crippen molar-refractivity contribution in [1.29, 1.82) is 0 Å². The summed E-state index contributed by atoms with van der Waals surface area (Å²) in [5, 5.41) is 13.0. The number of rotatable bonds is 5. The first-order valence-corrected chi connectivity index (χ1v) is 5.61. The Morgan fingerprint density at radius 3 is 2.69 bits per heavy atom. The minimum absolute atomic E-state index is 0.0842. The van der Waals surface area contributed by atoms with Crippen LogP contribution >= 0.6 is 0 Å². The molecule has 0 aromatic carbocycles. The Hall–Kier alpha value is -0.0800. The summed E-state index contributed by atoms with van der Waals surface area (Å²) in [5.41, 5.74) is 0. The molecule has 0 aromatic heterocycles. The summed E-state index contributed by atoms with van der Waals surface area (Å²) in [5.74, 6) is 0.801. The molecule has 0 amide bonds. The van der Waals surface area contributed by atoms with Crippen LogP contribution in [-0.2, 0) is 0 Å². The lowest BCUT2D eigenvalue weighted by molar-refractivity contribution is 0.149. The van der Waals surface area contributed by atoms with Crippen LogP contribution in [0.25, 0.3) is 0 Å². The van der Waals surface area contributed by atoms with Crippen molar-refractivity contribution in [2.24, 2.45) is 5.92 Å². The molecule has 0 aromatic rings. The first kappa shape index (κ1) is 11.0. The third-order valence-corrected chi connectivity index (χ3v) is 2.84. The van der Waals surface area contributed by atoms with Gasteiger partial charge in [0.1, 0.15) is 0 Å². The first-order valence-electron chi connectivity index (χ1n) is 5.61. The zero-order valence-electron chi connectivity index (χ0n) is 8.92. The molecular formula is C11H23NO. The van der Waals surface area contributed by atoms with Gasteiger partial charge in [0.2, 0.25) is 0 Å². The summed E-state index contributed by atoms with van der Waals surface area (Å²) in [6.45, 7) is 5.58. The van der Waals surface area contributed by atoms with Crippen molar-refractivity contribution in [3.8, 4) is 0 Å². The van der Waals surface area contributed by atoms with Crippen LogP contribution < -0.4 is 5.32 Å². The van der Waals surface area contributed by atoms with Crippen molar-refractivity contribution >= 4 is 0 Å². The molecule has 0 bridgehead atoms. The summed E-state index contributed by atoms with van der Waals surface area (Å²) >= 11 is 0. The topological polar surface area (TPSA) is 32.3 Å². The van der Waals surface area contributed by atoms with Gasteiger partial charge in [-0.15, -0.1) is 0 Å². The Kier molecular flexibility index (Phi) is 4.74. The molecule has 1 saturated carbocycles. The zero-order chi connectivity index (χ0) is 9.68. The Labute approximate surface area is 81.7 Å². The third kappa shape index (κ3) is 4.10. The highest BCUT2D eigenvalue weighted by molar-refractivity contribution is 4.82. The standard InChI is InChI=1S/C11H23NO/c1-9(2)5-4-8-12-10-6-3-7-11(10)13/h9-13H,3-8H2,1-2H3. The Morgan fingerprint density at radius 2 is 2.15 bits per heavy atom. The summed E-state index contributed by atoms with van der Waals surface area (Å²) in [4.78, 5) is 0. The molecule has 78 valence electrons. The molecule has 2 heteroatoms. The molecule has 1 fully saturated rings. The van der Waals surface area contributed by atoms with E-state index in [-0.39, 0.29) is 6.10 Å². The fraction of sp³-hybridized carbons (Fsp3) is 1.00. The third-order valence-electron chi connectivity index (χ3n) is 2.84. The maximum atomic E-state index is 9.53. The van der Waals surface area contributed by atoms with Crippen LogP contribution in [0.5, 0.6) is 0 Å². The van der Waals surface area contributed by atoms with E-state index in [9.17, 15) is 5.11 Å². The van der Waals surface area contributed by atoms with Crippen LogP contribution in [-0.4, -0.2) is 23.8 Å². The molecule has 0 heterocycles. The quantitative estimate of drug-likeness (QED) is 0.641. The van der Waals surface area contributed by atoms with Gasteiger partial charge in [-0.1, -0.05) is 13.8 Å². The number of aliphatic hydroxyl groups is 1. The predicted octanol–water partition coefficient (Wildman–Crippen LogP) is 1.93. The molecule has 2 atom stereocenters. The van der Waals surface area contributed by atoms with Crippen molar-refractivity contribution in [3.63, 3.8) is 0 Å². The average Bonchev–Trinajstić information content (AvgIpc) is 2.45. The van der Waals surface area contributed by atoms with E-state index in [2.05, 4.69) is 19.2 Å². The van der Waals surface area contributed by atoms with Crippen LogP contribution in [0.15, 0.2) is 0 Å². The Bertz CT molecular complexity index is 136. The summed E-state index contributed by atoms with van der Waals surface area (Å²) in [6.07, 6.45) is 5.77. The van der Waals surface area contributed by atoms with E-state index >= 15 is 0 Å². The van der Waals surface area contributed by atoms with Crippen LogP contribution in [0, 0.1) is 5.92 Å². The van der Waals surface area contributed by atoms with Gasteiger partial charge in [-0.3, -0.25) is 0 Å². The minimum Gasteiger partial charge on any atom is -0.392 e. The highest BCUT2D eigenvalue weighted by atomic mass is 16.3. The molecule has 13 heavy (non-hydrogen) atoms. The SMILES string of the molecule is CC(C)CCCNC1CCCC1O. The van der Waals surface area contributed by atoms with E-state index < -0.39 is 0 Å². The highest BCUT2D eigenvalue weighted by Crippen LogP contribution is 2.18. The van der Waals surface area contributed by atoms with Gasteiger partial charge in [0, 0.05) is 6.04 Å². The fourth-order valence-electron chi connectivity index (χ4n) is 1.98. The second-order valence-corrected chi connectivity index (χ2v) is 4.59. The zero-order valence-corrected chi connectivity index (χ0v) is 8.92. The van der Waals surface area contributed by atoms with Gasteiger partial charge in [-0.05, 0) is 44.6 Å². The summed E-state index contributed by atoms with van der Waals surface area (Å²) in [7, 11) is 0. The molecule has 2 unspecified atom stereocenters. The molecule has 2 N–H and O–H groups in total. The number of nitrogens with one attached hydrogen (secondary N) is 1. The molecule has 0 aliphatic heterocycles. The molecule has 1 aliphatic rings. The number of hydrogen-bond donors (Lipinski definition) is 2. The van der Waals surface area contributed by atoms with Crippen LogP contribution in [0.2, 0.25) is 0 Å². The van der Waals surface area contributed by atoms with Gasteiger partial charge in [-0.2, -0.15) is 0 Å². The van der Waals surface area contributed by atoms with Crippen molar-refractivity contribution < 1.29 is 5.11 Å². The van der Waals surface area contributed by atoms with Gasteiger partial charge < -0.3 is 10.4 Å². The lowest BCUT2D eigenvalue weighted by Crippen LogP contribution is -2.36. The molecule has 1 rings (SSSR count). The van der Waals surface area contributed by atoms with E-state index in [0.717, 1.165) is 25.3 Å². The van der Waals surface area contributed by atoms with Crippen molar-refractivity contribution in [2.45, 2.75) is 58.1 Å². The Morgan fingerprint density at radius 1 is 1.38 bits per heavy atom. The maximum absolute atomic E-state index is 9.53. The highest BCUT2D eigenvalue weighted by Gasteiger charge is 2.23. The summed E-state index contributed by atoms with van der Waals surface area (Å²) in [6, 6.07) is 0.382. The molecule has 1 aliphatic carbocycles. The van der Waals surface area contributed by atoms with Crippen molar-refractivity contribution in [3.05, 3.63) is 0 Å². The number of aliphatic hydroxyl groups excluding tert-OH is 1. The van der Waals surface area contributed by atoms with E-state index in [1.54, 1.807) is 0 Å². The monoisotopic (exact) mass is 185 g/mol. The van der Waals surface area contributed by atoms with Crippen LogP contribution in [0.3, 0.4) is 0 Å². The van der Waals surface area contributed by atoms with E-state index in [1.165, 1.54) is 19.3 Å². The maximum Gasteiger partial charge on any atom is 0.0693 e. The van der Waals surface area contributed by atoms with Crippen LogP contribution in [0.4, 0.5) is 0 Å². The van der Waals surface area contributed by atoms with E-state index in [0.29, 0.717) is 6.04 Å². The van der Waals surface area contributed by atoms with Gasteiger partial charge in [0.15, 0.2) is 0 Å². The molecule has 0 saturated heterocycles. The van der Waals surface area contributed by atoms with Crippen molar-refractivity contribution in [1.82, 2.24) is 5.32 Å². The van der Waals surface area contributed by atoms with Crippen LogP contribution in [0.1, 0.15) is 46.0 Å². The van der Waals surface area contributed by atoms with Gasteiger partial charge in [0.25, 0.3) is 0 Å². The summed E-state index contributed by atoms with van der Waals surface area (Å²) < 4.78 is 0. The lowest BCUT2D eigenvalue weighted by atomic mass is 10.1. The van der Waals surface area contributed by atoms with Crippen molar-refractivity contribution in [2.75, 3.05) is 6.54 Å². The van der Waals surface area contributed by atoms with E-state index in [4.69, 9.17) is 0 Å². The number of hydrogen-bond acceptors (Lipinski definition) is 2. The molecule has 2 nitrogen and oxygen atoms in total. The largest absolute Gasteiger partial charge is 0.392 e. The predicted molar refractivity (Wildman–Crippen MR) is 55.7 cm³/mol. The average molecular weight is 185 g/mol. The lowest BCUT2D eigenvalue weighted by Gasteiger charge is -2.16. The second-order valence-electron chi connectivity index (χ2n) is 4.59. The smallest absolute Gasteiger partial charge is 0.0693 e. The first-order chi connectivity index (χ1) is 6.20. The molecule has 0 spiro atoms. The normalized spacial score (nSPS) is 28.6. The second kappa shape index (κ2) is 5.61. The Balaban J connectivity index is 1.99. The van der Waals surface area contributed by atoms with Gasteiger partial charge in [0.05, 0.1) is 6.10 Å². The molecular weight excluding hydrogens is 162 g/mol.